The van der Waals surface area contributed by atoms with Crippen LogP contribution in [0.2, 0.25) is 5.15 Å². The second-order valence-corrected chi connectivity index (χ2v) is 4.43. The van der Waals surface area contributed by atoms with Gasteiger partial charge in [-0.1, -0.05) is 35.9 Å². The third-order valence-electron chi connectivity index (χ3n) is 2.55. The maximum atomic E-state index is 12.0. The number of hydrogen-bond acceptors (Lipinski definition) is 3. The Morgan fingerprint density at radius 1 is 1.44 bits per heavy atom. The lowest BCUT2D eigenvalue weighted by atomic mass is 10.1. The van der Waals surface area contributed by atoms with Crippen molar-refractivity contribution in [3.05, 3.63) is 41.2 Å². The molecule has 2 aromatic rings. The lowest BCUT2D eigenvalue weighted by molar-refractivity contribution is 0.0925. The molecule has 1 unspecified atom stereocenters. The summed E-state index contributed by atoms with van der Waals surface area (Å²) in [6.07, 6.45) is 0.864. The molecule has 1 amide bonds. The Bertz CT molecular complexity index is 584. The van der Waals surface area contributed by atoms with Crippen LogP contribution in [0.4, 0.5) is 0 Å². The summed E-state index contributed by atoms with van der Waals surface area (Å²) in [7, 11) is 0. The maximum Gasteiger partial charge on any atom is 0.253 e. The van der Waals surface area contributed by atoms with Crippen molar-refractivity contribution in [3.63, 3.8) is 0 Å². The van der Waals surface area contributed by atoms with Gasteiger partial charge in [-0.05, 0) is 12.3 Å². The highest BCUT2D eigenvalue weighted by Gasteiger charge is 2.12. The van der Waals surface area contributed by atoms with Crippen LogP contribution >= 0.6 is 11.6 Å². The Labute approximate surface area is 110 Å². The van der Waals surface area contributed by atoms with Gasteiger partial charge in [-0.2, -0.15) is 0 Å². The van der Waals surface area contributed by atoms with Crippen molar-refractivity contribution in [2.24, 2.45) is 0 Å². The zero-order valence-electron chi connectivity index (χ0n) is 9.85. The van der Waals surface area contributed by atoms with Crippen molar-refractivity contribution in [2.75, 3.05) is 6.54 Å². The number of benzene rings is 1. The van der Waals surface area contributed by atoms with Crippen molar-refractivity contribution in [1.29, 1.82) is 0 Å². The van der Waals surface area contributed by atoms with Gasteiger partial charge < -0.3 is 10.4 Å². The van der Waals surface area contributed by atoms with Gasteiger partial charge in [0.25, 0.3) is 5.91 Å². The van der Waals surface area contributed by atoms with Crippen molar-refractivity contribution >= 4 is 28.3 Å². The minimum atomic E-state index is -0.583. The Balaban J connectivity index is 2.39. The van der Waals surface area contributed by atoms with Crippen LogP contribution in [-0.2, 0) is 0 Å². The highest BCUT2D eigenvalue weighted by molar-refractivity contribution is 6.34. The molecule has 1 aromatic heterocycles. The first-order chi connectivity index (χ1) is 8.59. The number of carbonyl (C=O) groups is 1. The molecule has 5 heteroatoms. The molecule has 1 atom stereocenters. The predicted molar refractivity (Wildman–Crippen MR) is 70.8 cm³/mol. The zero-order chi connectivity index (χ0) is 13.1. The van der Waals surface area contributed by atoms with E-state index in [-0.39, 0.29) is 12.5 Å². The minimum Gasteiger partial charge on any atom is -0.392 e. The number of aromatic nitrogens is 1. The van der Waals surface area contributed by atoms with Crippen molar-refractivity contribution < 1.29 is 9.90 Å². The minimum absolute atomic E-state index is 0.204. The van der Waals surface area contributed by atoms with Crippen molar-refractivity contribution in [2.45, 2.75) is 13.0 Å². The van der Waals surface area contributed by atoms with Crippen LogP contribution in [0.25, 0.3) is 10.8 Å². The van der Waals surface area contributed by atoms with Gasteiger partial charge in [-0.15, -0.1) is 0 Å². The molecule has 2 rings (SSSR count). The molecule has 0 aliphatic heterocycles. The van der Waals surface area contributed by atoms with E-state index in [2.05, 4.69) is 10.3 Å². The number of amides is 1. The van der Waals surface area contributed by atoms with Gasteiger partial charge in [0.05, 0.1) is 11.7 Å². The SMILES string of the molecule is CC(O)CNC(=O)c1cnc(Cl)c2ccccc12. The Morgan fingerprint density at radius 2 is 2.11 bits per heavy atom. The molecular formula is C13H13ClN2O2. The van der Waals surface area contributed by atoms with E-state index in [9.17, 15) is 4.79 Å². The Hall–Kier alpha value is -1.65. The molecule has 0 saturated heterocycles. The normalized spacial score (nSPS) is 12.4. The van der Waals surface area contributed by atoms with Crippen LogP contribution in [0.3, 0.4) is 0 Å². The van der Waals surface area contributed by atoms with E-state index in [4.69, 9.17) is 16.7 Å². The van der Waals surface area contributed by atoms with Gasteiger partial charge in [-0.3, -0.25) is 4.79 Å². The van der Waals surface area contributed by atoms with Gasteiger partial charge in [0, 0.05) is 18.1 Å². The fourth-order valence-electron chi connectivity index (χ4n) is 1.67. The smallest absolute Gasteiger partial charge is 0.253 e. The number of aliphatic hydroxyl groups is 1. The fourth-order valence-corrected chi connectivity index (χ4v) is 1.89. The Kier molecular flexibility index (Phi) is 3.79. The average molecular weight is 265 g/mol. The lowest BCUT2D eigenvalue weighted by Crippen LogP contribution is -2.30. The summed E-state index contributed by atoms with van der Waals surface area (Å²) in [5.41, 5.74) is 0.454. The molecule has 0 fully saturated rings. The van der Waals surface area contributed by atoms with E-state index < -0.39 is 6.10 Å². The van der Waals surface area contributed by atoms with Crippen LogP contribution in [0.5, 0.6) is 0 Å². The number of nitrogens with zero attached hydrogens (tertiary/aromatic N) is 1. The first-order valence-corrected chi connectivity index (χ1v) is 5.97. The molecule has 0 saturated carbocycles. The third kappa shape index (κ3) is 2.60. The standard InChI is InChI=1S/C13H13ClN2O2/c1-8(17)6-16-13(18)11-7-15-12(14)10-5-3-2-4-9(10)11/h2-5,7-8,17H,6H2,1H3,(H,16,18). The van der Waals surface area contributed by atoms with Gasteiger partial charge in [0.1, 0.15) is 5.15 Å². The van der Waals surface area contributed by atoms with Crippen molar-refractivity contribution in [1.82, 2.24) is 10.3 Å². The summed E-state index contributed by atoms with van der Waals surface area (Å²) in [6, 6.07) is 7.31. The lowest BCUT2D eigenvalue weighted by Gasteiger charge is -2.09. The predicted octanol–water partition coefficient (Wildman–Crippen LogP) is 2.00. The van der Waals surface area contributed by atoms with E-state index in [1.165, 1.54) is 6.20 Å². The summed E-state index contributed by atoms with van der Waals surface area (Å²) in [4.78, 5) is 16.0. The maximum absolute atomic E-state index is 12.0. The van der Waals surface area contributed by atoms with E-state index in [1.807, 2.05) is 24.3 Å². The average Bonchev–Trinajstić information content (AvgIpc) is 2.37. The third-order valence-corrected chi connectivity index (χ3v) is 2.85. The molecule has 0 radical (unpaired) electrons. The summed E-state index contributed by atoms with van der Waals surface area (Å²) < 4.78 is 0. The molecule has 0 aliphatic carbocycles. The molecule has 4 nitrogen and oxygen atoms in total. The zero-order valence-corrected chi connectivity index (χ0v) is 10.6. The molecule has 94 valence electrons. The van der Waals surface area contributed by atoms with E-state index >= 15 is 0 Å². The summed E-state index contributed by atoms with van der Waals surface area (Å²) in [5.74, 6) is -0.267. The molecular weight excluding hydrogens is 252 g/mol. The summed E-state index contributed by atoms with van der Waals surface area (Å²) >= 11 is 5.98. The fraction of sp³-hybridized carbons (Fsp3) is 0.231. The number of hydrogen-bond donors (Lipinski definition) is 2. The van der Waals surface area contributed by atoms with Gasteiger partial charge in [-0.25, -0.2) is 4.98 Å². The van der Waals surface area contributed by atoms with Gasteiger partial charge in [0.2, 0.25) is 0 Å². The molecule has 1 aromatic carbocycles. The number of carbonyl (C=O) groups excluding carboxylic acids is 1. The first kappa shape index (κ1) is 12.8. The van der Waals surface area contributed by atoms with Crippen molar-refractivity contribution in [3.8, 4) is 0 Å². The topological polar surface area (TPSA) is 62.2 Å². The quantitative estimate of drug-likeness (QED) is 0.834. The number of rotatable bonds is 3. The first-order valence-electron chi connectivity index (χ1n) is 5.59. The van der Waals surface area contributed by atoms with Crippen LogP contribution in [0.1, 0.15) is 17.3 Å². The molecule has 0 spiro atoms. The van der Waals surface area contributed by atoms with Gasteiger partial charge >= 0.3 is 0 Å². The number of pyridine rings is 1. The number of halogens is 1. The van der Waals surface area contributed by atoms with Crippen LogP contribution in [0.15, 0.2) is 30.5 Å². The van der Waals surface area contributed by atoms with E-state index in [0.29, 0.717) is 10.7 Å². The van der Waals surface area contributed by atoms with Crippen LogP contribution in [0, 0.1) is 0 Å². The highest BCUT2D eigenvalue weighted by atomic mass is 35.5. The molecule has 0 bridgehead atoms. The number of nitrogens with one attached hydrogen (secondary N) is 1. The molecule has 18 heavy (non-hydrogen) atoms. The molecule has 2 N–H and O–H groups in total. The van der Waals surface area contributed by atoms with E-state index in [0.717, 1.165) is 10.8 Å². The number of aliphatic hydroxyl groups excluding tert-OH is 1. The summed E-state index contributed by atoms with van der Waals surface area (Å²) in [5, 5.41) is 13.7. The molecule has 1 heterocycles. The van der Waals surface area contributed by atoms with Gasteiger partial charge in [0.15, 0.2) is 0 Å². The van der Waals surface area contributed by atoms with E-state index in [1.54, 1.807) is 6.92 Å². The van der Waals surface area contributed by atoms with Crippen LogP contribution in [-0.4, -0.2) is 28.6 Å². The second-order valence-electron chi connectivity index (χ2n) is 4.07. The highest BCUT2D eigenvalue weighted by Crippen LogP contribution is 2.23. The molecule has 0 aliphatic rings. The largest absolute Gasteiger partial charge is 0.392 e. The van der Waals surface area contributed by atoms with Crippen LogP contribution < -0.4 is 5.32 Å². The Morgan fingerprint density at radius 3 is 2.78 bits per heavy atom. The number of fused-ring (bicyclic) bond motifs is 1. The summed E-state index contributed by atoms with van der Waals surface area (Å²) in [6.45, 7) is 1.81. The monoisotopic (exact) mass is 264 g/mol. The second kappa shape index (κ2) is 5.33.